The van der Waals surface area contributed by atoms with Crippen molar-refractivity contribution in [3.05, 3.63) is 72.9 Å². The van der Waals surface area contributed by atoms with Gasteiger partial charge >= 0.3 is 0 Å². The van der Waals surface area contributed by atoms with Gasteiger partial charge in [0.15, 0.2) is 0 Å². The van der Waals surface area contributed by atoms with Gasteiger partial charge in [0.05, 0.1) is 30.6 Å². The number of hydrogen-bond donors (Lipinski definition) is 2. The normalized spacial score (nSPS) is 10.9. The molecule has 2 aromatic carbocycles. The van der Waals surface area contributed by atoms with Crippen molar-refractivity contribution in [1.29, 1.82) is 0 Å². The third-order valence-corrected chi connectivity index (χ3v) is 5.97. The summed E-state index contributed by atoms with van der Waals surface area (Å²) in [6.07, 6.45) is 1.84. The number of pyridine rings is 1. The molecule has 0 radical (unpaired) electrons. The van der Waals surface area contributed by atoms with Gasteiger partial charge < -0.3 is 15.0 Å². The molecule has 0 amide bonds. The van der Waals surface area contributed by atoms with Crippen molar-refractivity contribution >= 4 is 50.1 Å². The van der Waals surface area contributed by atoms with Gasteiger partial charge in [-0.3, -0.25) is 0 Å². The summed E-state index contributed by atoms with van der Waals surface area (Å²) in [6.45, 7) is 4.30. The predicted octanol–water partition coefficient (Wildman–Crippen LogP) is 5.69. The number of aromatic amines is 1. The number of fused-ring (bicyclic) bond motifs is 3. The van der Waals surface area contributed by atoms with Crippen LogP contribution in [-0.4, -0.2) is 27.2 Å². The van der Waals surface area contributed by atoms with Gasteiger partial charge in [-0.25, -0.2) is 4.98 Å². The van der Waals surface area contributed by atoms with Crippen molar-refractivity contribution in [3.8, 4) is 17.0 Å². The number of ether oxygens (including phenoxy) is 1. The average molecular weight is 420 g/mol. The molecule has 29 heavy (non-hydrogen) atoms. The van der Waals surface area contributed by atoms with Crippen LogP contribution in [0.1, 0.15) is 5.69 Å². The number of methoxy groups -OCH3 is 1. The summed E-state index contributed by atoms with van der Waals surface area (Å²) < 4.78 is 6.05. The lowest BCUT2D eigenvalue weighted by molar-refractivity contribution is 0.415. The van der Waals surface area contributed by atoms with Gasteiger partial charge in [-0.1, -0.05) is 48.3 Å². The van der Waals surface area contributed by atoms with Crippen molar-refractivity contribution in [3.63, 3.8) is 0 Å². The lowest BCUT2D eigenvalue weighted by atomic mass is 10.1. The molecule has 6 heteroatoms. The zero-order chi connectivity index (χ0) is 20.2. The minimum absolute atomic E-state index is 0.571. The Bertz CT molecular complexity index is 1180. The number of nitrogens with zero attached hydrogens (tertiary/aromatic N) is 1. The topological polar surface area (TPSA) is 49.9 Å². The van der Waals surface area contributed by atoms with Crippen molar-refractivity contribution < 1.29 is 4.74 Å². The largest absolute Gasteiger partial charge is 0.497 e. The lowest BCUT2D eigenvalue weighted by Gasteiger charge is -2.10. The van der Waals surface area contributed by atoms with Crippen LogP contribution < -0.4 is 10.1 Å². The van der Waals surface area contributed by atoms with E-state index in [1.54, 1.807) is 18.9 Å². The minimum atomic E-state index is 0.571. The second-order valence-corrected chi connectivity index (χ2v) is 8.22. The summed E-state index contributed by atoms with van der Waals surface area (Å²) in [5.74, 6) is 1.61. The fourth-order valence-corrected chi connectivity index (χ4v) is 4.02. The number of thiocarbonyl (C=S) groups is 1. The predicted molar refractivity (Wildman–Crippen MR) is 128 cm³/mol. The minimum Gasteiger partial charge on any atom is -0.497 e. The van der Waals surface area contributed by atoms with Crippen molar-refractivity contribution in [2.75, 3.05) is 12.9 Å². The Morgan fingerprint density at radius 3 is 2.76 bits per heavy atom. The smallest absolute Gasteiger partial charge is 0.134 e. The summed E-state index contributed by atoms with van der Waals surface area (Å²) in [5, 5.41) is 5.63. The van der Waals surface area contributed by atoms with E-state index < -0.39 is 0 Å². The van der Waals surface area contributed by atoms with Crippen LogP contribution >= 0.6 is 24.0 Å². The second-order valence-electron chi connectivity index (χ2n) is 6.52. The van der Waals surface area contributed by atoms with Crippen LogP contribution in [0.25, 0.3) is 33.1 Å². The van der Waals surface area contributed by atoms with Gasteiger partial charge in [0.1, 0.15) is 10.1 Å². The molecule has 0 fully saturated rings. The van der Waals surface area contributed by atoms with Crippen LogP contribution in [0.15, 0.2) is 67.3 Å². The molecule has 0 aliphatic rings. The number of hydrogen-bond acceptors (Lipinski definition) is 4. The highest BCUT2D eigenvalue weighted by Gasteiger charge is 2.14. The van der Waals surface area contributed by atoms with Crippen LogP contribution in [0.5, 0.6) is 5.75 Å². The molecule has 0 bridgehead atoms. The Balaban J connectivity index is 1.79. The van der Waals surface area contributed by atoms with E-state index >= 15 is 0 Å². The molecule has 2 N–H and O–H groups in total. The number of para-hydroxylation sites is 1. The summed E-state index contributed by atoms with van der Waals surface area (Å²) in [5.41, 5.74) is 5.02. The molecule has 4 aromatic rings. The zero-order valence-electron chi connectivity index (χ0n) is 16.1. The molecular weight excluding hydrogens is 398 g/mol. The van der Waals surface area contributed by atoms with Gasteiger partial charge in [-0.15, -0.1) is 6.58 Å². The first-order chi connectivity index (χ1) is 14.2. The first-order valence-corrected chi connectivity index (χ1v) is 10.7. The van der Waals surface area contributed by atoms with Crippen LogP contribution in [-0.2, 0) is 6.54 Å². The Labute approximate surface area is 179 Å². The molecule has 0 spiro atoms. The monoisotopic (exact) mass is 419 g/mol. The van der Waals surface area contributed by atoms with Gasteiger partial charge in [0, 0.05) is 27.6 Å². The van der Waals surface area contributed by atoms with Crippen molar-refractivity contribution in [2.24, 2.45) is 0 Å². The molecule has 0 aliphatic heterocycles. The van der Waals surface area contributed by atoms with Crippen LogP contribution in [0, 0.1) is 0 Å². The highest BCUT2D eigenvalue weighted by molar-refractivity contribution is 8.23. The second kappa shape index (κ2) is 8.68. The number of thioether (sulfide) groups is 1. The van der Waals surface area contributed by atoms with E-state index in [1.165, 1.54) is 5.39 Å². The van der Waals surface area contributed by atoms with E-state index in [9.17, 15) is 0 Å². The Hall–Kier alpha value is -2.83. The van der Waals surface area contributed by atoms with Crippen LogP contribution in [0.3, 0.4) is 0 Å². The molecule has 0 atom stereocenters. The fourth-order valence-electron chi connectivity index (χ4n) is 3.30. The maximum Gasteiger partial charge on any atom is 0.134 e. The van der Waals surface area contributed by atoms with Crippen molar-refractivity contribution in [2.45, 2.75) is 6.54 Å². The van der Waals surface area contributed by atoms with Gasteiger partial charge in [-0.05, 0) is 36.4 Å². The Morgan fingerprint density at radius 1 is 1.21 bits per heavy atom. The van der Waals surface area contributed by atoms with Crippen LogP contribution in [0.4, 0.5) is 0 Å². The Kier molecular flexibility index (Phi) is 5.83. The first kappa shape index (κ1) is 19.5. The summed E-state index contributed by atoms with van der Waals surface area (Å²) in [6, 6.07) is 18.4. The van der Waals surface area contributed by atoms with E-state index in [4.69, 9.17) is 21.9 Å². The molecule has 4 rings (SSSR count). The maximum atomic E-state index is 5.39. The van der Waals surface area contributed by atoms with Crippen LogP contribution in [0.2, 0.25) is 0 Å². The zero-order valence-corrected chi connectivity index (χ0v) is 17.7. The van der Waals surface area contributed by atoms with E-state index in [0.29, 0.717) is 6.54 Å². The van der Waals surface area contributed by atoms with Gasteiger partial charge in [0.2, 0.25) is 0 Å². The highest BCUT2D eigenvalue weighted by Crippen LogP contribution is 2.33. The third-order valence-electron chi connectivity index (χ3n) is 4.66. The van der Waals surface area contributed by atoms with E-state index in [1.807, 2.05) is 36.4 Å². The lowest BCUT2D eigenvalue weighted by Crippen LogP contribution is -2.18. The number of rotatable bonds is 6. The Morgan fingerprint density at radius 2 is 2.00 bits per heavy atom. The van der Waals surface area contributed by atoms with Gasteiger partial charge in [0.25, 0.3) is 0 Å². The molecule has 2 aromatic heterocycles. The first-order valence-electron chi connectivity index (χ1n) is 9.26. The summed E-state index contributed by atoms with van der Waals surface area (Å²) >= 11 is 6.95. The van der Waals surface area contributed by atoms with Gasteiger partial charge in [-0.2, -0.15) is 0 Å². The molecular formula is C23H21N3OS2. The molecule has 0 aliphatic carbocycles. The molecule has 0 saturated heterocycles. The quantitative estimate of drug-likeness (QED) is 0.311. The third kappa shape index (κ3) is 4.13. The summed E-state index contributed by atoms with van der Waals surface area (Å²) in [7, 11) is 1.67. The number of benzene rings is 2. The molecule has 146 valence electrons. The maximum absolute atomic E-state index is 5.39. The molecule has 0 unspecified atom stereocenters. The molecule has 0 saturated carbocycles. The average Bonchev–Trinajstić information content (AvgIpc) is 3.14. The van der Waals surface area contributed by atoms with Crippen molar-refractivity contribution in [1.82, 2.24) is 15.3 Å². The highest BCUT2D eigenvalue weighted by atomic mass is 32.2. The summed E-state index contributed by atoms with van der Waals surface area (Å²) in [4.78, 5) is 8.49. The molecule has 2 heterocycles. The fraction of sp³-hybridized carbons (Fsp3) is 0.130. The van der Waals surface area contributed by atoms with E-state index in [0.717, 1.165) is 49.2 Å². The number of nitrogens with one attached hydrogen (secondary N) is 2. The van der Waals surface area contributed by atoms with E-state index in [2.05, 4.69) is 41.1 Å². The number of H-pyrrole nitrogens is 1. The number of aromatic nitrogens is 2. The molecule has 4 nitrogen and oxygen atoms in total. The SMILES string of the molecule is C=CCSC(=S)NCc1cc2c([nH]c3ccccc32)c(-c2ccc(OC)cc2)n1. The van der Waals surface area contributed by atoms with E-state index in [-0.39, 0.29) is 0 Å². The standard InChI is InChI=1S/C23H21N3OS2/c1-3-12-29-23(28)24-14-16-13-19-18-6-4-5-7-20(18)26-22(19)21(25-16)15-8-10-17(27-2)11-9-15/h3-11,13,26H,1,12,14H2,2H3,(H,24,28).